The van der Waals surface area contributed by atoms with Crippen LogP contribution in [0.25, 0.3) is 22.4 Å². The lowest BCUT2D eigenvalue weighted by molar-refractivity contribution is -0.0435. The van der Waals surface area contributed by atoms with Gasteiger partial charge < -0.3 is 24.8 Å². The normalized spacial score (nSPS) is 14.1. The second-order valence-electron chi connectivity index (χ2n) is 16.3. The minimum atomic E-state index is -5.98. The van der Waals surface area contributed by atoms with E-state index >= 15 is 4.39 Å². The highest BCUT2D eigenvalue weighted by Crippen LogP contribution is 2.43. The first-order valence-electron chi connectivity index (χ1n) is 21.3. The lowest BCUT2D eigenvalue weighted by Crippen LogP contribution is -2.46. The average molecular weight is 999 g/mol. The molecule has 354 valence electrons. The van der Waals surface area contributed by atoms with Gasteiger partial charge in [0.2, 0.25) is 0 Å². The molecule has 0 spiro atoms. The molecule has 19 heteroatoms. The van der Waals surface area contributed by atoms with Gasteiger partial charge in [-0.2, -0.15) is 13.2 Å². The Kier molecular flexibility index (Phi) is 14.6. The Hall–Kier alpha value is -5.69. The summed E-state index contributed by atoms with van der Waals surface area (Å²) in [6.07, 6.45) is 0.435. The minimum absolute atomic E-state index is 0.0743. The molecule has 0 amide bonds. The highest BCUT2D eigenvalue weighted by molar-refractivity contribution is 7.99. The smallest absolute Gasteiger partial charge is 0.478 e. The van der Waals surface area contributed by atoms with Crippen LogP contribution in [0.15, 0.2) is 130 Å². The number of nitrogens with one attached hydrogen (secondary N) is 2. The first-order valence-corrected chi connectivity index (χ1v) is 25.6. The summed E-state index contributed by atoms with van der Waals surface area (Å²) in [6, 6.07) is 29.2. The number of sulfonamides is 1. The van der Waals surface area contributed by atoms with Gasteiger partial charge in [-0.25, -0.2) is 26.0 Å². The number of piperazine rings is 1. The molecule has 1 atom stereocenters. The van der Waals surface area contributed by atoms with Crippen molar-refractivity contribution in [3.63, 3.8) is 0 Å². The SMILES string of the molecule is CC[C@H](CSc1ccccc1)Nc1ccc(S(=O)(=O)Nc2ccc(N3CCN(c4cc(F)cc(-c5c(C(=O)O)c(C)n(C(C)C)c5-c5ccc(Cl)cc5)c4)CC3)cc2)cc1S(=O)(=O)C(F)(F)F. The molecule has 1 aliphatic heterocycles. The third kappa shape index (κ3) is 10.7. The summed E-state index contributed by atoms with van der Waals surface area (Å²) >= 11 is 7.64. The second kappa shape index (κ2) is 19.9. The van der Waals surface area contributed by atoms with Gasteiger partial charge in [0.05, 0.1) is 21.8 Å². The Balaban J connectivity index is 1.07. The molecule has 3 N–H and O–H groups in total. The van der Waals surface area contributed by atoms with Crippen molar-refractivity contribution < 1.29 is 44.3 Å². The Labute approximate surface area is 396 Å². The van der Waals surface area contributed by atoms with E-state index in [2.05, 4.69) is 10.0 Å². The summed E-state index contributed by atoms with van der Waals surface area (Å²) in [5.41, 5.74) is -1.92. The van der Waals surface area contributed by atoms with Crippen LogP contribution in [0.1, 0.15) is 49.3 Å². The van der Waals surface area contributed by atoms with Crippen LogP contribution < -0.4 is 19.8 Å². The van der Waals surface area contributed by atoms with Crippen molar-refractivity contribution >= 4 is 71.9 Å². The van der Waals surface area contributed by atoms with Gasteiger partial charge in [0, 0.05) is 82.3 Å². The van der Waals surface area contributed by atoms with Crippen molar-refractivity contribution in [2.75, 3.05) is 51.8 Å². The van der Waals surface area contributed by atoms with Crippen LogP contribution in [-0.2, 0) is 19.9 Å². The maximum absolute atomic E-state index is 15.6. The number of hydrogen-bond donors (Lipinski definition) is 3. The van der Waals surface area contributed by atoms with Gasteiger partial charge >= 0.3 is 11.5 Å². The number of carboxylic acid groups (broad SMARTS) is 1. The molecule has 0 saturated carbocycles. The molecule has 0 radical (unpaired) electrons. The van der Waals surface area contributed by atoms with Crippen molar-refractivity contribution in [1.29, 1.82) is 0 Å². The third-order valence-electron chi connectivity index (χ3n) is 11.5. The molecule has 5 aromatic carbocycles. The van der Waals surface area contributed by atoms with E-state index in [9.17, 15) is 39.9 Å². The number of rotatable bonds is 16. The van der Waals surface area contributed by atoms with Crippen LogP contribution in [0.4, 0.5) is 40.3 Å². The molecule has 2 heterocycles. The van der Waals surface area contributed by atoms with Crippen molar-refractivity contribution in [1.82, 2.24) is 4.57 Å². The van der Waals surface area contributed by atoms with Gasteiger partial charge in [-0.1, -0.05) is 48.9 Å². The standard InChI is InChI=1S/C48H48ClF4N5O6S3/c1-5-36(29-65-40-9-7-6-8-10-40)54-42-20-19-41(28-43(42)66(61,62)48(51,52)53)67(63,64)55-37-15-17-38(18-16-37)56-21-23-57(24-22-56)39-26-33(25-35(50)27-39)45-44(47(59)60)31(4)58(30(2)3)46(45)32-11-13-34(49)14-12-32/h6-20,25-28,30,36,54-55H,5,21-24,29H2,1-4H3,(H,59,60)/t36-/m1/s1. The molecule has 7 rings (SSSR count). The molecule has 1 aliphatic rings. The Bertz CT molecular complexity index is 2980. The number of aromatic nitrogens is 1. The van der Waals surface area contributed by atoms with Gasteiger partial charge in [0.25, 0.3) is 19.9 Å². The maximum Gasteiger partial charge on any atom is 0.501 e. The number of aromatic carboxylic acids is 1. The molecule has 0 unspecified atom stereocenters. The van der Waals surface area contributed by atoms with E-state index in [1.807, 2.05) is 70.7 Å². The summed E-state index contributed by atoms with van der Waals surface area (Å²) in [4.78, 5) is 15.9. The van der Waals surface area contributed by atoms with Crippen LogP contribution in [-0.4, -0.2) is 76.0 Å². The summed E-state index contributed by atoms with van der Waals surface area (Å²) in [5, 5.41) is 13.9. The summed E-state index contributed by atoms with van der Waals surface area (Å²) in [7, 11) is -10.6. The van der Waals surface area contributed by atoms with E-state index in [1.165, 1.54) is 36.0 Å². The van der Waals surface area contributed by atoms with Crippen molar-refractivity contribution in [3.8, 4) is 22.4 Å². The van der Waals surface area contributed by atoms with Crippen molar-refractivity contribution in [3.05, 3.63) is 137 Å². The minimum Gasteiger partial charge on any atom is -0.478 e. The molecule has 0 bridgehead atoms. The second-order valence-corrected chi connectivity index (χ2v) is 21.4. The predicted octanol–water partition coefficient (Wildman–Crippen LogP) is 11.6. The van der Waals surface area contributed by atoms with Crippen LogP contribution >= 0.6 is 23.4 Å². The van der Waals surface area contributed by atoms with Gasteiger partial charge in [0.15, 0.2) is 0 Å². The fourth-order valence-corrected chi connectivity index (χ4v) is 11.5. The summed E-state index contributed by atoms with van der Waals surface area (Å²) in [5.74, 6) is -1.28. The first-order chi connectivity index (χ1) is 31.7. The van der Waals surface area contributed by atoms with Crippen LogP contribution in [0.3, 0.4) is 0 Å². The van der Waals surface area contributed by atoms with Gasteiger partial charge in [-0.05, 0) is 123 Å². The molecule has 1 fully saturated rings. The molecule has 11 nitrogen and oxygen atoms in total. The third-order valence-corrected chi connectivity index (χ3v) is 15.8. The number of nitrogens with zero attached hydrogens (tertiary/aromatic N) is 3. The first kappa shape index (κ1) is 49.2. The van der Waals surface area contributed by atoms with Crippen LogP contribution in [0.2, 0.25) is 5.02 Å². The quantitative estimate of drug-likeness (QED) is 0.0634. The van der Waals surface area contributed by atoms with Crippen molar-refractivity contribution in [2.24, 2.45) is 0 Å². The molecule has 0 aliphatic carbocycles. The number of hydrogen-bond acceptors (Lipinski definition) is 9. The van der Waals surface area contributed by atoms with E-state index in [0.29, 0.717) is 77.6 Å². The zero-order chi connectivity index (χ0) is 48.4. The van der Waals surface area contributed by atoms with Crippen LogP contribution in [0.5, 0.6) is 0 Å². The maximum atomic E-state index is 15.6. The molecular formula is C48H48ClF4N5O6S3. The topological polar surface area (TPSA) is 141 Å². The highest BCUT2D eigenvalue weighted by Gasteiger charge is 2.48. The lowest BCUT2D eigenvalue weighted by Gasteiger charge is -2.37. The monoisotopic (exact) mass is 997 g/mol. The number of halogens is 5. The van der Waals surface area contributed by atoms with Crippen LogP contribution in [0, 0.1) is 12.7 Å². The van der Waals surface area contributed by atoms with E-state index in [4.69, 9.17) is 11.6 Å². The number of alkyl halides is 3. The average Bonchev–Trinajstić information content (AvgIpc) is 3.61. The number of sulfone groups is 1. The van der Waals surface area contributed by atoms with E-state index in [-0.39, 0.29) is 23.0 Å². The number of carboxylic acids is 1. The van der Waals surface area contributed by atoms with Gasteiger partial charge in [-0.15, -0.1) is 11.8 Å². The fraction of sp³-hybridized carbons (Fsp3) is 0.271. The predicted molar refractivity (Wildman–Crippen MR) is 259 cm³/mol. The zero-order valence-corrected chi connectivity index (χ0v) is 40.0. The fourth-order valence-electron chi connectivity index (χ4n) is 8.20. The molecule has 1 saturated heterocycles. The highest BCUT2D eigenvalue weighted by atomic mass is 35.5. The molecule has 1 aromatic heterocycles. The largest absolute Gasteiger partial charge is 0.501 e. The summed E-state index contributed by atoms with van der Waals surface area (Å²) < 4.78 is 115. The number of thioether (sulfide) groups is 1. The number of benzene rings is 5. The van der Waals surface area contributed by atoms with E-state index in [0.717, 1.165) is 28.3 Å². The zero-order valence-electron chi connectivity index (χ0n) is 36.8. The lowest BCUT2D eigenvalue weighted by atomic mass is 9.96. The van der Waals surface area contributed by atoms with Gasteiger partial charge in [-0.3, -0.25) is 4.72 Å². The van der Waals surface area contributed by atoms with Crippen molar-refractivity contribution in [2.45, 2.75) is 66.4 Å². The summed E-state index contributed by atoms with van der Waals surface area (Å²) in [6.45, 7) is 9.32. The number of carbonyl (C=O) groups is 1. The Morgan fingerprint density at radius 3 is 2.03 bits per heavy atom. The van der Waals surface area contributed by atoms with E-state index < -0.39 is 53.0 Å². The molecule has 6 aromatic rings. The number of anilines is 4. The molecule has 67 heavy (non-hydrogen) atoms. The Morgan fingerprint density at radius 2 is 1.45 bits per heavy atom. The Morgan fingerprint density at radius 1 is 0.821 bits per heavy atom. The molecular weight excluding hydrogens is 950 g/mol. The van der Waals surface area contributed by atoms with Gasteiger partial charge in [0.1, 0.15) is 10.7 Å². The van der Waals surface area contributed by atoms with E-state index in [1.54, 1.807) is 44.2 Å².